The van der Waals surface area contributed by atoms with Crippen molar-refractivity contribution in [2.45, 2.75) is 123 Å². The van der Waals surface area contributed by atoms with E-state index in [2.05, 4.69) is 160 Å². The summed E-state index contributed by atoms with van der Waals surface area (Å²) in [6.45, 7) is 29.0. The highest BCUT2D eigenvalue weighted by molar-refractivity contribution is 7.92. The number of rotatable bonds is 20. The van der Waals surface area contributed by atoms with Gasteiger partial charge in [0.25, 0.3) is 5.91 Å². The third kappa shape index (κ3) is 16.3. The maximum absolute atomic E-state index is 13.4. The number of fused-ring (bicyclic) bond motifs is 6. The van der Waals surface area contributed by atoms with Crippen molar-refractivity contribution in [3.8, 4) is 33.8 Å². The minimum atomic E-state index is -3.36. The van der Waals surface area contributed by atoms with Crippen molar-refractivity contribution in [1.82, 2.24) is 60.0 Å². The molecule has 25 nitrogen and oxygen atoms in total. The molecule has 0 atom stereocenters. The fourth-order valence-electron chi connectivity index (χ4n) is 15.8. The highest BCUT2D eigenvalue weighted by Gasteiger charge is 2.34. The second-order valence-corrected chi connectivity index (χ2v) is 39.6. The Bertz CT molecular complexity index is 6130. The summed E-state index contributed by atoms with van der Waals surface area (Å²) in [5, 5.41) is 2.03. The number of benzene rings is 6. The molecule has 0 bridgehead atoms. The van der Waals surface area contributed by atoms with Crippen LogP contribution in [0, 0.1) is 0 Å². The number of piperidine rings is 1. The molecule has 0 aliphatic carbocycles. The minimum Gasteiger partial charge on any atom is -0.375 e. The van der Waals surface area contributed by atoms with Gasteiger partial charge in [0, 0.05) is 152 Å². The van der Waals surface area contributed by atoms with E-state index in [1.54, 1.807) is 144 Å². The van der Waals surface area contributed by atoms with Gasteiger partial charge in [-0.15, -0.1) is 0 Å². The molecule has 117 heavy (non-hydrogen) atoms. The molecule has 5 aliphatic rings. The summed E-state index contributed by atoms with van der Waals surface area (Å²) >= 11 is 0. The topological polar surface area (TPSA) is 282 Å². The van der Waals surface area contributed by atoms with Crippen molar-refractivity contribution in [1.29, 1.82) is 0 Å². The van der Waals surface area contributed by atoms with Gasteiger partial charge >= 0.3 is 0 Å². The van der Waals surface area contributed by atoms with Crippen LogP contribution in [0.25, 0.3) is 78.7 Å². The molecule has 11 heterocycles. The molecule has 0 unspecified atom stereocenters. The number of amides is 1. The van der Waals surface area contributed by atoms with Gasteiger partial charge < -0.3 is 59.5 Å². The smallest absolute Gasteiger partial charge is 0.259 e. The molecule has 616 valence electrons. The lowest BCUT2D eigenvalue weighted by molar-refractivity contribution is 0.0996. The van der Waals surface area contributed by atoms with Crippen molar-refractivity contribution in [2.75, 3.05) is 117 Å². The van der Waals surface area contributed by atoms with E-state index < -0.39 is 45.3 Å². The summed E-state index contributed by atoms with van der Waals surface area (Å²) < 4.78 is 75.1. The number of carbonyl (C=O) groups is 1. The van der Waals surface area contributed by atoms with E-state index in [0.717, 1.165) is 145 Å². The van der Waals surface area contributed by atoms with E-state index in [-0.39, 0.29) is 16.5 Å². The lowest BCUT2D eigenvalue weighted by atomic mass is 10.0. The number of aromatic nitrogens is 9. The molecule has 1 amide bonds. The molecule has 5 aliphatic heterocycles. The van der Waals surface area contributed by atoms with Crippen LogP contribution in [0.5, 0.6) is 0 Å². The van der Waals surface area contributed by atoms with Crippen LogP contribution in [0.4, 0.5) is 34.1 Å². The molecular weight excluding hydrogens is 1530 g/mol. The van der Waals surface area contributed by atoms with Crippen LogP contribution >= 0.6 is 0 Å². The van der Waals surface area contributed by atoms with Gasteiger partial charge in [-0.2, -0.15) is 0 Å². The summed E-state index contributed by atoms with van der Waals surface area (Å²) in [7, 11) is 0.548. The number of nitrogens with zero attached hydrogens (tertiary/aromatic N) is 14. The van der Waals surface area contributed by atoms with Gasteiger partial charge in [0.05, 0.1) is 89.7 Å². The molecule has 6 aromatic carbocycles. The van der Waals surface area contributed by atoms with Crippen LogP contribution in [-0.2, 0) is 49.1 Å². The Kier molecular flexibility index (Phi) is 22.9. The van der Waals surface area contributed by atoms with Crippen LogP contribution in [0.15, 0.2) is 192 Å². The molecule has 0 spiro atoms. The third-order valence-corrected chi connectivity index (χ3v) is 29.6. The molecule has 28 heteroatoms. The molecule has 0 radical (unpaired) electrons. The Balaban J connectivity index is 0.000000174. The van der Waals surface area contributed by atoms with E-state index in [9.17, 15) is 30.0 Å². The number of hydrogen-bond donors (Lipinski definition) is 4. The first kappa shape index (κ1) is 81.0. The molecule has 4 N–H and O–H groups in total. The highest BCUT2D eigenvalue weighted by atomic mass is 32.2. The van der Waals surface area contributed by atoms with Crippen molar-refractivity contribution in [2.24, 2.45) is 0 Å². The zero-order valence-electron chi connectivity index (χ0n) is 68.3. The predicted molar refractivity (Wildman–Crippen MR) is 479 cm³/mol. The summed E-state index contributed by atoms with van der Waals surface area (Å²) in [6, 6.07) is 40.5. The number of anilines is 6. The van der Waals surface area contributed by atoms with Crippen LogP contribution in [0.1, 0.15) is 111 Å². The number of sulfone groups is 3. The maximum atomic E-state index is 13.4. The SMILES string of the molecule is C=C1c2ccc(N3CCC(N(C)C)CC3)cc2CN1c1c[nH]c2ncc(-c3ccc(S(=O)(=O)C(C)C)cc3)nc12.C=C1c2ccc(N3CCCNCC3)cc2CN1c1c[nH]c2ncc(-c3ccc(S(=O)(=O)C(C)C)cc3)nc12.CC(C)S(=O)(=O)c1ccc(-c2cnc3[nH]cc(N4Cc5cc(N(C)CCCN(C)C)ccc5C4=O)c3n2)cc1.[HH].[HH].[HH].[HH]. The second kappa shape index (κ2) is 33.1. The minimum absolute atomic E-state index is 0. The molecule has 2 fully saturated rings. The summed E-state index contributed by atoms with van der Waals surface area (Å²) in [4.78, 5) is 70.2. The Labute approximate surface area is 691 Å². The first-order valence-corrected chi connectivity index (χ1v) is 44.6. The zero-order chi connectivity index (χ0) is 82.5. The van der Waals surface area contributed by atoms with E-state index >= 15 is 0 Å². The van der Waals surface area contributed by atoms with Crippen molar-refractivity contribution < 1.29 is 35.8 Å². The first-order chi connectivity index (χ1) is 56.0. The lowest BCUT2D eigenvalue weighted by Gasteiger charge is -2.36. The van der Waals surface area contributed by atoms with Gasteiger partial charge in [-0.1, -0.05) is 61.7 Å². The summed E-state index contributed by atoms with van der Waals surface area (Å²) in [5.41, 5.74) is 23.0. The average molecular weight is 1640 g/mol. The molecular formula is C89H110N18O7S3. The predicted octanol–water partition coefficient (Wildman–Crippen LogP) is 15.3. The second-order valence-electron chi connectivity index (χ2n) is 32.1. The monoisotopic (exact) mass is 1640 g/mol. The fourth-order valence-corrected chi connectivity index (χ4v) is 19.0. The Hall–Kier alpha value is -11.1. The van der Waals surface area contributed by atoms with Gasteiger partial charge in [-0.3, -0.25) is 4.79 Å². The number of hydrogen-bond acceptors (Lipinski definition) is 21. The van der Waals surface area contributed by atoms with Crippen LogP contribution in [0.3, 0.4) is 0 Å². The van der Waals surface area contributed by atoms with Crippen LogP contribution in [0.2, 0.25) is 0 Å². The zero-order valence-corrected chi connectivity index (χ0v) is 70.7. The average Bonchev–Trinajstić information content (AvgIpc) is 1.62. The van der Waals surface area contributed by atoms with Gasteiger partial charge in [0.15, 0.2) is 46.5 Å². The summed E-state index contributed by atoms with van der Waals surface area (Å²) in [5.74, 6) is -0.0665. The van der Waals surface area contributed by atoms with E-state index in [0.29, 0.717) is 79.7 Å². The number of carbonyl (C=O) groups excluding carboxylic acids is 1. The molecule has 12 aromatic rings. The quantitative estimate of drug-likeness (QED) is 0.0551. The van der Waals surface area contributed by atoms with Crippen LogP contribution < -0.4 is 34.7 Å². The Morgan fingerprint density at radius 1 is 0.470 bits per heavy atom. The van der Waals surface area contributed by atoms with E-state index in [4.69, 9.17) is 15.0 Å². The Morgan fingerprint density at radius 3 is 1.27 bits per heavy atom. The largest absolute Gasteiger partial charge is 0.375 e. The lowest BCUT2D eigenvalue weighted by Crippen LogP contribution is -2.42. The van der Waals surface area contributed by atoms with Gasteiger partial charge in [0.2, 0.25) is 0 Å². The molecule has 6 aromatic heterocycles. The van der Waals surface area contributed by atoms with Gasteiger partial charge in [-0.05, 0) is 204 Å². The van der Waals surface area contributed by atoms with Gasteiger partial charge in [0.1, 0.15) is 16.6 Å². The number of H-pyrrole nitrogens is 3. The maximum Gasteiger partial charge on any atom is 0.259 e. The molecule has 0 saturated carbocycles. The standard InChI is InChI=1S/C31H36N6O2S.C29H34N6O3S.C29H32N6O2S.4H2/c1-20(2)40(38,39)26-9-6-22(7-10-26)28-17-32-31-30(34-28)29(18-33-31)37-19-23-16-25(8-11-27(23)21(37)3)36-14-12-24(13-15-36)35(4)5;1-19(2)39(37,38)23-10-7-20(8-11-23)25-16-30-28-27(32-25)26(17-31-28)35-18-21-15-22(9-12-24(21)29(35)36)34(5)14-6-13-33(3)4;1-19(2)38(36,37)24-8-5-21(6-9-24)26-16-31-29-28(33-26)27(17-32-29)35-18-22-15-23(7-10-25(22)20(35)3)34-13-4-11-30-12-14-34;;;;/h6-11,16-18,20,24H,3,12-15,19H2,1-2,4-5H3,(H,32,33);7-12,15-17,19H,6,13-14,18H2,1-5H3,(H,30,31);5-10,15-17,19,30H,3-4,11-14,18H2,1-2H3,(H,31,32);4*1H. The van der Waals surface area contributed by atoms with Crippen molar-refractivity contribution in [3.05, 3.63) is 211 Å². The first-order valence-electron chi connectivity index (χ1n) is 39.9. The van der Waals surface area contributed by atoms with Gasteiger partial charge in [-0.25, -0.2) is 55.2 Å². The van der Waals surface area contributed by atoms with E-state index in [1.807, 2.05) is 24.5 Å². The highest BCUT2D eigenvalue weighted by Crippen LogP contribution is 2.44. The molecule has 2 saturated heterocycles. The van der Waals surface area contributed by atoms with Crippen molar-refractivity contribution in [3.63, 3.8) is 0 Å². The Morgan fingerprint density at radius 2 is 0.863 bits per heavy atom. The summed E-state index contributed by atoms with van der Waals surface area (Å²) in [6.07, 6.45) is 15.3. The normalized spacial score (nSPS) is 15.5. The fraction of sp³-hybridized carbons (Fsp3) is 0.337. The molecule has 17 rings (SSSR count). The third-order valence-electron chi connectivity index (χ3n) is 23.1. The number of aromatic amines is 3. The van der Waals surface area contributed by atoms with E-state index in [1.165, 1.54) is 35.3 Å². The van der Waals surface area contributed by atoms with Crippen LogP contribution in [-0.4, -0.2) is 195 Å². The number of nitrogens with one attached hydrogen (secondary N) is 4. The van der Waals surface area contributed by atoms with Crippen molar-refractivity contribution >= 4 is 114 Å².